The molecule has 0 aliphatic heterocycles. The Bertz CT molecular complexity index is 725. The molecule has 20 heavy (non-hydrogen) atoms. The Hall–Kier alpha value is -2.48. The summed E-state index contributed by atoms with van der Waals surface area (Å²) in [5.74, 6) is -0.574. The fraction of sp³-hybridized carbons (Fsp3) is 0. The molecule has 0 spiro atoms. The molecule has 2 rings (SSSR count). The van der Waals surface area contributed by atoms with E-state index in [9.17, 15) is 22.9 Å². The van der Waals surface area contributed by atoms with Gasteiger partial charge in [-0.05, 0) is 36.4 Å². The normalized spacial score (nSPS) is 11.1. The number of hydrogen-bond donors (Lipinski definition) is 0. The summed E-state index contributed by atoms with van der Waals surface area (Å²) in [6.45, 7) is 0. The second kappa shape index (κ2) is 5.25. The number of hydrogen-bond acceptors (Lipinski definition) is 5. The Balaban J connectivity index is 2.26. The highest BCUT2D eigenvalue weighted by molar-refractivity contribution is 7.87. The van der Waals surface area contributed by atoms with Crippen LogP contribution in [0.5, 0.6) is 5.75 Å². The molecule has 0 radical (unpaired) electrons. The van der Waals surface area contributed by atoms with Crippen molar-refractivity contribution in [2.75, 3.05) is 0 Å². The third-order valence-electron chi connectivity index (χ3n) is 2.36. The zero-order chi connectivity index (χ0) is 14.8. The van der Waals surface area contributed by atoms with Gasteiger partial charge in [-0.1, -0.05) is 0 Å². The number of non-ortho nitro benzene ring substituents is 1. The van der Waals surface area contributed by atoms with E-state index in [1.807, 2.05) is 0 Å². The lowest BCUT2D eigenvalue weighted by Crippen LogP contribution is -2.09. The average molecular weight is 297 g/mol. The summed E-state index contributed by atoms with van der Waals surface area (Å²) in [5, 5.41) is 10.5. The first kappa shape index (κ1) is 13.9. The lowest BCUT2D eigenvalue weighted by atomic mass is 10.3. The molecule has 0 aliphatic rings. The van der Waals surface area contributed by atoms with Crippen molar-refractivity contribution in [2.45, 2.75) is 4.90 Å². The first-order valence-electron chi connectivity index (χ1n) is 5.33. The van der Waals surface area contributed by atoms with Crippen molar-refractivity contribution in [2.24, 2.45) is 0 Å². The van der Waals surface area contributed by atoms with Gasteiger partial charge in [-0.25, -0.2) is 4.39 Å². The van der Waals surface area contributed by atoms with Crippen molar-refractivity contribution in [1.82, 2.24) is 0 Å². The number of nitro groups is 1. The fourth-order valence-electron chi connectivity index (χ4n) is 1.40. The molecule has 104 valence electrons. The van der Waals surface area contributed by atoms with Crippen LogP contribution in [-0.2, 0) is 10.1 Å². The molecule has 0 bridgehead atoms. The van der Waals surface area contributed by atoms with E-state index in [-0.39, 0.29) is 16.3 Å². The summed E-state index contributed by atoms with van der Waals surface area (Å²) in [4.78, 5) is 9.60. The number of nitro benzene ring substituents is 1. The average Bonchev–Trinajstić information content (AvgIpc) is 2.41. The minimum Gasteiger partial charge on any atom is -0.379 e. The van der Waals surface area contributed by atoms with Crippen LogP contribution in [0.25, 0.3) is 0 Å². The van der Waals surface area contributed by atoms with Crippen LogP contribution in [0.1, 0.15) is 0 Å². The van der Waals surface area contributed by atoms with Crippen LogP contribution in [0.2, 0.25) is 0 Å². The highest BCUT2D eigenvalue weighted by atomic mass is 32.2. The van der Waals surface area contributed by atoms with Gasteiger partial charge >= 0.3 is 10.1 Å². The summed E-state index contributed by atoms with van der Waals surface area (Å²) < 4.78 is 41.2. The molecule has 2 aromatic carbocycles. The maximum atomic E-state index is 12.7. The van der Waals surface area contributed by atoms with Crippen LogP contribution in [0.4, 0.5) is 10.1 Å². The predicted octanol–water partition coefficient (Wildman–Crippen LogP) is 2.50. The topological polar surface area (TPSA) is 86.5 Å². The first-order valence-corrected chi connectivity index (χ1v) is 6.74. The van der Waals surface area contributed by atoms with Gasteiger partial charge in [0.2, 0.25) is 0 Å². The van der Waals surface area contributed by atoms with Gasteiger partial charge in [0.15, 0.2) is 0 Å². The zero-order valence-electron chi connectivity index (χ0n) is 9.89. The largest absolute Gasteiger partial charge is 0.379 e. The van der Waals surface area contributed by atoms with Crippen LogP contribution >= 0.6 is 0 Å². The molecule has 0 aromatic heterocycles. The Morgan fingerprint density at radius 3 is 2.05 bits per heavy atom. The quantitative estimate of drug-likeness (QED) is 0.491. The SMILES string of the molecule is O=[N+]([O-])c1ccc(S(=O)(=O)Oc2ccc(F)cc2)cc1. The standard InChI is InChI=1S/C12H8FNO5S/c13-9-1-5-11(6-2-9)19-20(17,18)12-7-3-10(4-8-12)14(15)16/h1-8H. The molecule has 8 heteroatoms. The number of rotatable bonds is 4. The second-order valence-corrected chi connectivity index (χ2v) is 5.29. The van der Waals surface area contributed by atoms with Crippen molar-refractivity contribution in [3.05, 3.63) is 64.5 Å². The molecular formula is C12H8FNO5S. The molecule has 0 saturated heterocycles. The van der Waals surface area contributed by atoms with Crippen LogP contribution < -0.4 is 4.18 Å². The zero-order valence-corrected chi connectivity index (χ0v) is 10.7. The molecule has 0 aliphatic carbocycles. The summed E-state index contributed by atoms with van der Waals surface area (Å²) >= 11 is 0. The van der Waals surface area contributed by atoms with Gasteiger partial charge in [0, 0.05) is 12.1 Å². The third-order valence-corrected chi connectivity index (χ3v) is 3.62. The van der Waals surface area contributed by atoms with Gasteiger partial charge in [-0.3, -0.25) is 10.1 Å². The van der Waals surface area contributed by atoms with Gasteiger partial charge in [0.05, 0.1) is 4.92 Å². The Morgan fingerprint density at radius 1 is 1.00 bits per heavy atom. The molecular weight excluding hydrogens is 289 g/mol. The maximum absolute atomic E-state index is 12.7. The van der Waals surface area contributed by atoms with Crippen molar-refractivity contribution < 1.29 is 21.9 Å². The van der Waals surface area contributed by atoms with Crippen molar-refractivity contribution in [3.63, 3.8) is 0 Å². The summed E-state index contributed by atoms with van der Waals surface area (Å²) in [6, 6.07) is 8.69. The molecule has 0 atom stereocenters. The molecule has 0 saturated carbocycles. The monoisotopic (exact) mass is 297 g/mol. The molecule has 0 unspecified atom stereocenters. The van der Waals surface area contributed by atoms with E-state index in [0.29, 0.717) is 0 Å². The Morgan fingerprint density at radius 2 is 1.55 bits per heavy atom. The molecule has 0 heterocycles. The molecule has 0 N–H and O–H groups in total. The van der Waals surface area contributed by atoms with Crippen molar-refractivity contribution in [3.8, 4) is 5.75 Å². The molecule has 2 aromatic rings. The van der Waals surface area contributed by atoms with Gasteiger partial charge < -0.3 is 4.18 Å². The fourth-order valence-corrected chi connectivity index (χ4v) is 2.33. The maximum Gasteiger partial charge on any atom is 0.339 e. The van der Waals surface area contributed by atoms with Crippen LogP contribution in [0, 0.1) is 15.9 Å². The smallest absolute Gasteiger partial charge is 0.339 e. The number of benzene rings is 2. The molecule has 0 amide bonds. The van der Waals surface area contributed by atoms with Crippen molar-refractivity contribution in [1.29, 1.82) is 0 Å². The number of nitrogens with zero attached hydrogens (tertiary/aromatic N) is 1. The first-order chi connectivity index (χ1) is 9.38. The van der Waals surface area contributed by atoms with E-state index >= 15 is 0 Å². The highest BCUT2D eigenvalue weighted by Gasteiger charge is 2.18. The highest BCUT2D eigenvalue weighted by Crippen LogP contribution is 2.21. The number of halogens is 1. The lowest BCUT2D eigenvalue weighted by Gasteiger charge is -2.06. The minimum absolute atomic E-state index is 0.0512. The van der Waals surface area contributed by atoms with Crippen LogP contribution in [-0.4, -0.2) is 13.3 Å². The van der Waals surface area contributed by atoms with E-state index in [2.05, 4.69) is 0 Å². The van der Waals surface area contributed by atoms with Gasteiger partial charge in [-0.15, -0.1) is 0 Å². The summed E-state index contributed by atoms with van der Waals surface area (Å²) in [6.07, 6.45) is 0. The van der Waals surface area contributed by atoms with Crippen LogP contribution in [0.15, 0.2) is 53.4 Å². The predicted molar refractivity (Wildman–Crippen MR) is 67.3 cm³/mol. The van der Waals surface area contributed by atoms with E-state index in [1.165, 1.54) is 0 Å². The Labute approximate surface area is 113 Å². The lowest BCUT2D eigenvalue weighted by molar-refractivity contribution is -0.384. The van der Waals surface area contributed by atoms with E-state index in [4.69, 9.17) is 4.18 Å². The van der Waals surface area contributed by atoms with Gasteiger partial charge in [0.25, 0.3) is 5.69 Å². The van der Waals surface area contributed by atoms with Gasteiger partial charge in [0.1, 0.15) is 16.5 Å². The summed E-state index contributed by atoms with van der Waals surface area (Å²) in [5.41, 5.74) is -0.231. The summed E-state index contributed by atoms with van der Waals surface area (Å²) in [7, 11) is -4.11. The Kier molecular flexibility index (Phi) is 3.66. The minimum atomic E-state index is -4.11. The van der Waals surface area contributed by atoms with Gasteiger partial charge in [-0.2, -0.15) is 8.42 Å². The second-order valence-electron chi connectivity index (χ2n) is 3.74. The van der Waals surface area contributed by atoms with E-state index in [1.54, 1.807) is 0 Å². The molecule has 6 nitrogen and oxygen atoms in total. The molecule has 0 fully saturated rings. The van der Waals surface area contributed by atoms with Crippen LogP contribution in [0.3, 0.4) is 0 Å². The van der Waals surface area contributed by atoms with E-state index < -0.39 is 20.9 Å². The van der Waals surface area contributed by atoms with Crippen molar-refractivity contribution >= 4 is 15.8 Å². The third kappa shape index (κ3) is 3.09. The van der Waals surface area contributed by atoms with E-state index in [0.717, 1.165) is 48.5 Å².